The SMILES string of the molecule is CC(C)CCCC1CCc2ccccc2C1O. The van der Waals surface area contributed by atoms with Crippen LogP contribution in [-0.2, 0) is 6.42 Å². The van der Waals surface area contributed by atoms with Crippen LogP contribution in [-0.4, -0.2) is 5.11 Å². The largest absolute Gasteiger partial charge is 0.388 e. The second kappa shape index (κ2) is 5.68. The van der Waals surface area contributed by atoms with Crippen molar-refractivity contribution in [1.82, 2.24) is 0 Å². The summed E-state index contributed by atoms with van der Waals surface area (Å²) in [4.78, 5) is 0. The molecule has 94 valence electrons. The van der Waals surface area contributed by atoms with Crippen LogP contribution in [0.25, 0.3) is 0 Å². The van der Waals surface area contributed by atoms with Crippen molar-refractivity contribution in [3.05, 3.63) is 35.4 Å². The van der Waals surface area contributed by atoms with Crippen LogP contribution >= 0.6 is 0 Å². The monoisotopic (exact) mass is 232 g/mol. The third-order valence-corrected chi connectivity index (χ3v) is 3.96. The maximum absolute atomic E-state index is 10.4. The molecule has 2 unspecified atom stereocenters. The molecule has 1 aromatic rings. The highest BCUT2D eigenvalue weighted by Gasteiger charge is 2.26. The fourth-order valence-corrected chi connectivity index (χ4v) is 2.89. The molecule has 1 N–H and O–H groups in total. The molecule has 0 saturated carbocycles. The Morgan fingerprint density at radius 2 is 2.06 bits per heavy atom. The molecule has 0 fully saturated rings. The average Bonchev–Trinajstić information content (AvgIpc) is 2.32. The second-order valence-electron chi connectivity index (χ2n) is 5.77. The highest BCUT2D eigenvalue weighted by Crippen LogP contribution is 2.37. The van der Waals surface area contributed by atoms with Crippen molar-refractivity contribution in [2.75, 3.05) is 0 Å². The first-order chi connectivity index (χ1) is 8.18. The first-order valence-electron chi connectivity index (χ1n) is 6.94. The van der Waals surface area contributed by atoms with Gasteiger partial charge in [0, 0.05) is 0 Å². The molecule has 1 aliphatic carbocycles. The minimum Gasteiger partial charge on any atom is -0.388 e. The molecule has 0 radical (unpaired) electrons. The number of aliphatic hydroxyl groups excluding tert-OH is 1. The summed E-state index contributed by atoms with van der Waals surface area (Å²) in [6.45, 7) is 4.54. The third kappa shape index (κ3) is 3.10. The molecule has 1 aliphatic rings. The summed E-state index contributed by atoms with van der Waals surface area (Å²) in [7, 11) is 0. The summed E-state index contributed by atoms with van der Waals surface area (Å²) in [5.41, 5.74) is 2.52. The molecule has 0 spiro atoms. The number of fused-ring (bicyclic) bond motifs is 1. The van der Waals surface area contributed by atoms with Crippen LogP contribution in [0.3, 0.4) is 0 Å². The van der Waals surface area contributed by atoms with Crippen molar-refractivity contribution in [2.45, 2.75) is 52.1 Å². The molecule has 1 aromatic carbocycles. The van der Waals surface area contributed by atoms with Crippen LogP contribution in [0.2, 0.25) is 0 Å². The summed E-state index contributed by atoms with van der Waals surface area (Å²) >= 11 is 0. The van der Waals surface area contributed by atoms with Crippen molar-refractivity contribution < 1.29 is 5.11 Å². The van der Waals surface area contributed by atoms with E-state index >= 15 is 0 Å². The van der Waals surface area contributed by atoms with E-state index in [2.05, 4.69) is 32.0 Å². The Balaban J connectivity index is 1.95. The van der Waals surface area contributed by atoms with Gasteiger partial charge >= 0.3 is 0 Å². The summed E-state index contributed by atoms with van der Waals surface area (Å²) in [5.74, 6) is 1.26. The molecule has 2 rings (SSSR count). The van der Waals surface area contributed by atoms with Crippen molar-refractivity contribution >= 4 is 0 Å². The summed E-state index contributed by atoms with van der Waals surface area (Å²) in [6.07, 6.45) is 5.77. The lowest BCUT2D eigenvalue weighted by Crippen LogP contribution is -2.20. The highest BCUT2D eigenvalue weighted by molar-refractivity contribution is 5.31. The van der Waals surface area contributed by atoms with E-state index < -0.39 is 0 Å². The van der Waals surface area contributed by atoms with Crippen molar-refractivity contribution in [3.8, 4) is 0 Å². The molecule has 0 bridgehead atoms. The molecule has 1 heteroatoms. The summed E-state index contributed by atoms with van der Waals surface area (Å²) in [6, 6.07) is 8.36. The number of aliphatic hydroxyl groups is 1. The maximum atomic E-state index is 10.4. The molecule has 0 saturated heterocycles. The van der Waals surface area contributed by atoms with Gasteiger partial charge in [0.25, 0.3) is 0 Å². The van der Waals surface area contributed by atoms with E-state index in [1.807, 2.05) is 6.07 Å². The molecule has 0 heterocycles. The second-order valence-corrected chi connectivity index (χ2v) is 5.77. The van der Waals surface area contributed by atoms with Gasteiger partial charge in [-0.1, -0.05) is 51.0 Å². The van der Waals surface area contributed by atoms with Crippen LogP contribution in [0.1, 0.15) is 56.8 Å². The lowest BCUT2D eigenvalue weighted by atomic mass is 9.79. The van der Waals surface area contributed by atoms with Crippen LogP contribution < -0.4 is 0 Å². The number of hydrogen-bond acceptors (Lipinski definition) is 1. The predicted octanol–water partition coefficient (Wildman–Crippen LogP) is 4.11. The van der Waals surface area contributed by atoms with Crippen molar-refractivity contribution in [2.24, 2.45) is 11.8 Å². The van der Waals surface area contributed by atoms with Gasteiger partial charge in [-0.3, -0.25) is 0 Å². The maximum Gasteiger partial charge on any atom is 0.0820 e. The number of benzene rings is 1. The van der Waals surface area contributed by atoms with E-state index in [-0.39, 0.29) is 6.10 Å². The zero-order valence-corrected chi connectivity index (χ0v) is 11.0. The number of rotatable bonds is 4. The van der Waals surface area contributed by atoms with Gasteiger partial charge in [0.15, 0.2) is 0 Å². The Morgan fingerprint density at radius 3 is 2.82 bits per heavy atom. The molecule has 0 aromatic heterocycles. The Morgan fingerprint density at radius 1 is 1.29 bits per heavy atom. The van der Waals surface area contributed by atoms with Crippen LogP contribution in [0.5, 0.6) is 0 Å². The standard InChI is InChI=1S/C16H24O/c1-12(2)6-5-8-14-11-10-13-7-3-4-9-15(13)16(14)17/h3-4,7,9,12,14,16-17H,5-6,8,10-11H2,1-2H3. The Kier molecular flexibility index (Phi) is 4.22. The van der Waals surface area contributed by atoms with E-state index in [0.717, 1.165) is 18.8 Å². The molecule has 2 atom stereocenters. The highest BCUT2D eigenvalue weighted by atomic mass is 16.3. The zero-order chi connectivity index (χ0) is 12.3. The molecule has 0 aliphatic heterocycles. The Labute approximate surface area is 105 Å². The van der Waals surface area contributed by atoms with Gasteiger partial charge in [0.05, 0.1) is 6.10 Å². The first kappa shape index (κ1) is 12.6. The topological polar surface area (TPSA) is 20.2 Å². The fraction of sp³-hybridized carbons (Fsp3) is 0.625. The quantitative estimate of drug-likeness (QED) is 0.828. The Hall–Kier alpha value is -0.820. The van der Waals surface area contributed by atoms with E-state index in [0.29, 0.717) is 5.92 Å². The van der Waals surface area contributed by atoms with Gasteiger partial charge in [-0.2, -0.15) is 0 Å². The lowest BCUT2D eigenvalue weighted by molar-refractivity contribution is 0.0863. The normalized spacial score (nSPS) is 23.8. The van der Waals surface area contributed by atoms with Gasteiger partial charge in [-0.15, -0.1) is 0 Å². The molecular formula is C16H24O. The van der Waals surface area contributed by atoms with E-state index in [4.69, 9.17) is 0 Å². The lowest BCUT2D eigenvalue weighted by Gasteiger charge is -2.30. The summed E-state index contributed by atoms with van der Waals surface area (Å²) in [5, 5.41) is 10.4. The summed E-state index contributed by atoms with van der Waals surface area (Å²) < 4.78 is 0. The third-order valence-electron chi connectivity index (χ3n) is 3.96. The molecule has 1 nitrogen and oxygen atoms in total. The van der Waals surface area contributed by atoms with Crippen LogP contribution in [0.4, 0.5) is 0 Å². The number of hydrogen-bond donors (Lipinski definition) is 1. The fourth-order valence-electron chi connectivity index (χ4n) is 2.89. The van der Waals surface area contributed by atoms with Gasteiger partial charge in [-0.05, 0) is 42.2 Å². The Bertz CT molecular complexity index is 356. The minimum absolute atomic E-state index is 0.230. The zero-order valence-electron chi connectivity index (χ0n) is 11.0. The van der Waals surface area contributed by atoms with Gasteiger partial charge in [0.1, 0.15) is 0 Å². The molecule has 17 heavy (non-hydrogen) atoms. The predicted molar refractivity (Wildman–Crippen MR) is 71.9 cm³/mol. The van der Waals surface area contributed by atoms with E-state index in [9.17, 15) is 5.11 Å². The average molecular weight is 232 g/mol. The van der Waals surface area contributed by atoms with Crippen molar-refractivity contribution in [3.63, 3.8) is 0 Å². The minimum atomic E-state index is -0.230. The number of aryl methyl sites for hydroxylation is 1. The van der Waals surface area contributed by atoms with Crippen molar-refractivity contribution in [1.29, 1.82) is 0 Å². The molecular weight excluding hydrogens is 208 g/mol. The van der Waals surface area contributed by atoms with Crippen LogP contribution in [0, 0.1) is 11.8 Å². The van der Waals surface area contributed by atoms with Gasteiger partial charge < -0.3 is 5.11 Å². The smallest absolute Gasteiger partial charge is 0.0820 e. The van der Waals surface area contributed by atoms with E-state index in [1.54, 1.807) is 0 Å². The van der Waals surface area contributed by atoms with Gasteiger partial charge in [0.2, 0.25) is 0 Å². The van der Waals surface area contributed by atoms with E-state index in [1.165, 1.54) is 30.4 Å². The van der Waals surface area contributed by atoms with Crippen LogP contribution in [0.15, 0.2) is 24.3 Å². The first-order valence-corrected chi connectivity index (χ1v) is 6.94. The molecule has 0 amide bonds. The van der Waals surface area contributed by atoms with Gasteiger partial charge in [-0.25, -0.2) is 0 Å².